The minimum absolute atomic E-state index is 0.395. The zero-order valence-corrected chi connectivity index (χ0v) is 5.56. The topological polar surface area (TPSA) is 26.0 Å². The zero-order valence-electron chi connectivity index (χ0n) is 4.80. The van der Waals surface area contributed by atoms with E-state index in [1.165, 1.54) is 6.26 Å². The Kier molecular flexibility index (Phi) is 1.90. The van der Waals surface area contributed by atoms with Crippen molar-refractivity contribution in [3.63, 3.8) is 0 Å². The molecule has 0 aliphatic rings. The first kappa shape index (κ1) is 6.36. The van der Waals surface area contributed by atoms with Crippen molar-refractivity contribution in [2.24, 2.45) is 0 Å². The van der Waals surface area contributed by atoms with Crippen molar-refractivity contribution in [1.29, 1.82) is 0 Å². The van der Waals surface area contributed by atoms with Gasteiger partial charge in [0.1, 0.15) is 12.0 Å². The smallest absolute Gasteiger partial charge is 0.124 e. The number of rotatable bonds is 2. The van der Waals surface area contributed by atoms with Crippen LogP contribution in [0.25, 0.3) is 5.57 Å². The molecule has 48 valence electrons. The number of halogens is 1. The van der Waals surface area contributed by atoms with Crippen molar-refractivity contribution >= 4 is 17.2 Å². The van der Waals surface area contributed by atoms with Crippen molar-refractivity contribution in [3.05, 3.63) is 24.6 Å². The molecule has 0 bridgehead atoms. The Morgan fingerprint density at radius 3 is 3.11 bits per heavy atom. The molecule has 1 heterocycles. The molecule has 0 radical (unpaired) electrons. The largest absolute Gasteiger partial charge is 0.364 e. The summed E-state index contributed by atoms with van der Waals surface area (Å²) in [6.07, 6.45) is 1.49. The van der Waals surface area contributed by atoms with E-state index in [0.29, 0.717) is 5.88 Å². The predicted molar refractivity (Wildman–Crippen MR) is 36.3 cm³/mol. The number of hydrogen-bond donors (Lipinski definition) is 0. The Hall–Kier alpha value is -0.760. The number of allylic oxidation sites excluding steroid dienone is 1. The second-order valence-corrected chi connectivity index (χ2v) is 1.89. The lowest BCUT2D eigenvalue weighted by atomic mass is 10.2. The minimum atomic E-state index is 0.395. The van der Waals surface area contributed by atoms with E-state index in [-0.39, 0.29) is 0 Å². The second-order valence-electron chi connectivity index (χ2n) is 1.62. The Bertz CT molecular complexity index is 193. The van der Waals surface area contributed by atoms with Gasteiger partial charge in [0.25, 0.3) is 0 Å². The van der Waals surface area contributed by atoms with Gasteiger partial charge in [-0.2, -0.15) is 0 Å². The van der Waals surface area contributed by atoms with Crippen LogP contribution in [0, 0.1) is 0 Å². The molecule has 0 amide bonds. The van der Waals surface area contributed by atoms with E-state index in [1.807, 2.05) is 0 Å². The average Bonchev–Trinajstić information content (AvgIpc) is 2.37. The summed E-state index contributed by atoms with van der Waals surface area (Å²) in [4.78, 5) is 0. The Morgan fingerprint density at radius 1 is 1.89 bits per heavy atom. The van der Waals surface area contributed by atoms with E-state index in [9.17, 15) is 0 Å². The highest BCUT2D eigenvalue weighted by atomic mass is 35.5. The predicted octanol–water partition coefficient (Wildman–Crippen LogP) is 1.93. The molecule has 0 atom stereocenters. The molecule has 0 spiro atoms. The lowest BCUT2D eigenvalue weighted by molar-refractivity contribution is 0.418. The van der Waals surface area contributed by atoms with Crippen LogP contribution in [0.2, 0.25) is 0 Å². The zero-order chi connectivity index (χ0) is 6.69. The summed E-state index contributed by atoms with van der Waals surface area (Å²) in [5.74, 6) is 0.395. The maximum absolute atomic E-state index is 5.46. The summed E-state index contributed by atoms with van der Waals surface area (Å²) >= 11 is 5.46. The highest BCUT2D eigenvalue weighted by molar-refractivity contribution is 6.22. The first-order valence-electron chi connectivity index (χ1n) is 2.49. The molecule has 3 heteroatoms. The van der Waals surface area contributed by atoms with Gasteiger partial charge in [-0.3, -0.25) is 0 Å². The molecule has 0 fully saturated rings. The van der Waals surface area contributed by atoms with Gasteiger partial charge in [0.15, 0.2) is 0 Å². The second kappa shape index (κ2) is 2.69. The summed E-state index contributed by atoms with van der Waals surface area (Å²) in [6, 6.07) is 1.73. The van der Waals surface area contributed by atoms with Gasteiger partial charge in [-0.15, -0.1) is 11.6 Å². The molecule has 1 rings (SSSR count). The third-order valence-electron chi connectivity index (χ3n) is 0.961. The third-order valence-corrected chi connectivity index (χ3v) is 1.28. The normalized spacial score (nSPS) is 9.44. The van der Waals surface area contributed by atoms with E-state index in [4.69, 9.17) is 11.6 Å². The van der Waals surface area contributed by atoms with Gasteiger partial charge in [0, 0.05) is 11.9 Å². The van der Waals surface area contributed by atoms with Crippen LogP contribution in [-0.4, -0.2) is 11.0 Å². The molecule has 1 aromatic heterocycles. The van der Waals surface area contributed by atoms with Crippen LogP contribution in [-0.2, 0) is 0 Å². The van der Waals surface area contributed by atoms with Crippen molar-refractivity contribution in [2.45, 2.75) is 0 Å². The Labute approximate surface area is 58.1 Å². The highest BCUT2D eigenvalue weighted by Gasteiger charge is 1.98. The van der Waals surface area contributed by atoms with Gasteiger partial charge in [0.2, 0.25) is 0 Å². The summed E-state index contributed by atoms with van der Waals surface area (Å²) in [7, 11) is 0. The van der Waals surface area contributed by atoms with E-state index in [1.54, 1.807) is 6.07 Å². The van der Waals surface area contributed by atoms with Gasteiger partial charge >= 0.3 is 0 Å². The fraction of sp³-hybridized carbons (Fsp3) is 0.167. The fourth-order valence-corrected chi connectivity index (χ4v) is 0.600. The summed E-state index contributed by atoms with van der Waals surface area (Å²) in [6.45, 7) is 3.66. The van der Waals surface area contributed by atoms with Gasteiger partial charge in [-0.25, -0.2) is 0 Å². The molecule has 9 heavy (non-hydrogen) atoms. The Morgan fingerprint density at radius 2 is 2.67 bits per heavy atom. The molecule has 0 aliphatic heterocycles. The summed E-state index contributed by atoms with van der Waals surface area (Å²) < 4.78 is 4.57. The molecule has 0 unspecified atom stereocenters. The van der Waals surface area contributed by atoms with Crippen LogP contribution in [0.4, 0.5) is 0 Å². The van der Waals surface area contributed by atoms with Gasteiger partial charge < -0.3 is 4.52 Å². The van der Waals surface area contributed by atoms with Crippen LogP contribution in [0.15, 0.2) is 23.4 Å². The first-order chi connectivity index (χ1) is 4.34. The molecule has 0 saturated carbocycles. The van der Waals surface area contributed by atoms with Crippen molar-refractivity contribution in [2.75, 3.05) is 5.88 Å². The highest BCUT2D eigenvalue weighted by Crippen LogP contribution is 2.09. The molecular weight excluding hydrogens is 138 g/mol. The van der Waals surface area contributed by atoms with Gasteiger partial charge in [-0.05, 0) is 5.57 Å². The number of alkyl halides is 1. The summed E-state index contributed by atoms with van der Waals surface area (Å²) in [5, 5.41) is 3.63. The van der Waals surface area contributed by atoms with Crippen molar-refractivity contribution in [3.8, 4) is 0 Å². The lowest BCUT2D eigenvalue weighted by Crippen LogP contribution is -1.81. The van der Waals surface area contributed by atoms with Crippen LogP contribution >= 0.6 is 11.6 Å². The SMILES string of the molecule is C=C(CCl)c1ccon1. The average molecular weight is 144 g/mol. The number of hydrogen-bond acceptors (Lipinski definition) is 2. The van der Waals surface area contributed by atoms with E-state index < -0.39 is 0 Å². The molecule has 0 N–H and O–H groups in total. The molecule has 0 aromatic carbocycles. The number of nitrogens with zero attached hydrogens (tertiary/aromatic N) is 1. The van der Waals surface area contributed by atoms with E-state index >= 15 is 0 Å². The first-order valence-corrected chi connectivity index (χ1v) is 3.02. The molecular formula is C6H6ClNO. The molecule has 2 nitrogen and oxygen atoms in total. The maximum atomic E-state index is 5.46. The molecule has 0 aliphatic carbocycles. The fourth-order valence-electron chi connectivity index (χ4n) is 0.463. The third kappa shape index (κ3) is 1.33. The minimum Gasteiger partial charge on any atom is -0.364 e. The van der Waals surface area contributed by atoms with Crippen LogP contribution in [0.5, 0.6) is 0 Å². The van der Waals surface area contributed by atoms with Crippen LogP contribution < -0.4 is 0 Å². The summed E-state index contributed by atoms with van der Waals surface area (Å²) in [5.41, 5.74) is 1.51. The quantitative estimate of drug-likeness (QED) is 0.592. The van der Waals surface area contributed by atoms with Crippen molar-refractivity contribution < 1.29 is 4.52 Å². The monoisotopic (exact) mass is 143 g/mol. The van der Waals surface area contributed by atoms with Gasteiger partial charge in [-0.1, -0.05) is 11.7 Å². The van der Waals surface area contributed by atoms with Crippen molar-refractivity contribution in [1.82, 2.24) is 5.16 Å². The van der Waals surface area contributed by atoms with E-state index in [0.717, 1.165) is 11.3 Å². The van der Waals surface area contributed by atoms with Crippen LogP contribution in [0.1, 0.15) is 5.69 Å². The van der Waals surface area contributed by atoms with Gasteiger partial charge in [0.05, 0.1) is 0 Å². The molecule has 1 aromatic rings. The number of aromatic nitrogens is 1. The standard InChI is InChI=1S/C6H6ClNO/c1-5(4-7)6-2-3-9-8-6/h2-3H,1,4H2. The van der Waals surface area contributed by atoms with Crippen LogP contribution in [0.3, 0.4) is 0 Å². The molecule has 0 saturated heterocycles. The maximum Gasteiger partial charge on any atom is 0.124 e. The van der Waals surface area contributed by atoms with E-state index in [2.05, 4.69) is 16.3 Å². The lowest BCUT2D eigenvalue weighted by Gasteiger charge is -1.89. The Balaban J connectivity index is 2.77.